The van der Waals surface area contributed by atoms with Crippen LogP contribution in [0.25, 0.3) is 0 Å². The molecule has 0 aromatic heterocycles. The van der Waals surface area contributed by atoms with Gasteiger partial charge in [-0.05, 0) is 19.3 Å². The fourth-order valence-corrected chi connectivity index (χ4v) is 2.16. The van der Waals surface area contributed by atoms with Crippen LogP contribution in [0.15, 0.2) is 0 Å². The minimum absolute atomic E-state index is 0.186. The molecule has 17 heavy (non-hydrogen) atoms. The normalized spacial score (nSPS) is 18.6. The van der Waals surface area contributed by atoms with Gasteiger partial charge in [0.15, 0.2) is 0 Å². The summed E-state index contributed by atoms with van der Waals surface area (Å²) >= 11 is 0. The Kier molecular flexibility index (Phi) is 4.66. The fourth-order valence-electron chi connectivity index (χ4n) is 2.16. The number of rotatable bonds is 3. The Hall–Kier alpha value is -1.39. The maximum Gasteiger partial charge on any atom is 0.418 e. The summed E-state index contributed by atoms with van der Waals surface area (Å²) in [5.74, 6) is -1.77. The standard InChI is InChI=1S/C12H18O5/c1-3-6-12(7-4-9(13)5-8-12)17-11(15)10(14)16-2/h3-8H2,1-2H3. The van der Waals surface area contributed by atoms with Crippen LogP contribution in [0.4, 0.5) is 0 Å². The molecule has 1 saturated carbocycles. The molecule has 5 heteroatoms. The molecule has 0 spiro atoms. The van der Waals surface area contributed by atoms with E-state index in [1.165, 1.54) is 0 Å². The molecule has 0 bridgehead atoms. The molecule has 0 heterocycles. The van der Waals surface area contributed by atoms with E-state index in [1.807, 2.05) is 6.92 Å². The number of Topliss-reactive ketones (excluding diaryl/α,β-unsaturated/α-hetero) is 1. The predicted octanol–water partition coefficient (Wildman–Crippen LogP) is 1.38. The van der Waals surface area contributed by atoms with Crippen LogP contribution in [-0.4, -0.2) is 30.4 Å². The van der Waals surface area contributed by atoms with Crippen molar-refractivity contribution >= 4 is 17.7 Å². The lowest BCUT2D eigenvalue weighted by Gasteiger charge is -2.35. The van der Waals surface area contributed by atoms with Crippen LogP contribution in [-0.2, 0) is 23.9 Å². The van der Waals surface area contributed by atoms with Crippen LogP contribution in [0.2, 0.25) is 0 Å². The summed E-state index contributed by atoms with van der Waals surface area (Å²) in [6.07, 6.45) is 3.33. The molecule has 1 aliphatic rings. The van der Waals surface area contributed by atoms with Gasteiger partial charge in [0.2, 0.25) is 0 Å². The first-order chi connectivity index (χ1) is 8.03. The average molecular weight is 242 g/mol. The minimum atomic E-state index is -0.989. The summed E-state index contributed by atoms with van der Waals surface area (Å²) in [6.45, 7) is 1.98. The van der Waals surface area contributed by atoms with Crippen LogP contribution >= 0.6 is 0 Å². The highest BCUT2D eigenvalue weighted by atomic mass is 16.6. The van der Waals surface area contributed by atoms with Gasteiger partial charge in [-0.3, -0.25) is 4.79 Å². The van der Waals surface area contributed by atoms with E-state index >= 15 is 0 Å². The summed E-state index contributed by atoms with van der Waals surface area (Å²) in [5, 5.41) is 0. The van der Waals surface area contributed by atoms with Crippen LogP contribution in [0, 0.1) is 0 Å². The van der Waals surface area contributed by atoms with Gasteiger partial charge in [-0.2, -0.15) is 0 Å². The van der Waals surface area contributed by atoms with Gasteiger partial charge in [-0.25, -0.2) is 9.59 Å². The molecule has 0 aliphatic heterocycles. The van der Waals surface area contributed by atoms with Crippen molar-refractivity contribution in [3.05, 3.63) is 0 Å². The summed E-state index contributed by atoms with van der Waals surface area (Å²) in [6, 6.07) is 0. The summed E-state index contributed by atoms with van der Waals surface area (Å²) in [4.78, 5) is 33.7. The summed E-state index contributed by atoms with van der Waals surface area (Å²) in [5.41, 5.74) is -0.659. The number of hydrogen-bond donors (Lipinski definition) is 0. The zero-order valence-electron chi connectivity index (χ0n) is 10.3. The van der Waals surface area contributed by atoms with Crippen LogP contribution in [0.5, 0.6) is 0 Å². The highest BCUT2D eigenvalue weighted by Crippen LogP contribution is 2.34. The number of methoxy groups -OCH3 is 1. The third kappa shape index (κ3) is 3.54. The number of ether oxygens (including phenoxy) is 2. The van der Waals surface area contributed by atoms with E-state index in [1.54, 1.807) is 0 Å². The lowest BCUT2D eigenvalue weighted by Crippen LogP contribution is -2.41. The van der Waals surface area contributed by atoms with Gasteiger partial charge in [0.1, 0.15) is 11.4 Å². The van der Waals surface area contributed by atoms with Gasteiger partial charge in [0.05, 0.1) is 7.11 Å². The van der Waals surface area contributed by atoms with Crippen LogP contribution < -0.4 is 0 Å². The molecule has 0 saturated heterocycles. The monoisotopic (exact) mass is 242 g/mol. The van der Waals surface area contributed by atoms with Gasteiger partial charge in [-0.15, -0.1) is 0 Å². The number of ketones is 1. The van der Waals surface area contributed by atoms with Crippen molar-refractivity contribution in [2.45, 2.75) is 51.0 Å². The molecule has 96 valence electrons. The van der Waals surface area contributed by atoms with E-state index in [-0.39, 0.29) is 5.78 Å². The summed E-state index contributed by atoms with van der Waals surface area (Å²) in [7, 11) is 1.14. The molecule has 1 fully saturated rings. The second-order valence-electron chi connectivity index (χ2n) is 4.35. The maximum absolute atomic E-state index is 11.4. The van der Waals surface area contributed by atoms with Crippen LogP contribution in [0.1, 0.15) is 45.4 Å². The van der Waals surface area contributed by atoms with Crippen molar-refractivity contribution in [1.29, 1.82) is 0 Å². The Morgan fingerprint density at radius 3 is 2.29 bits per heavy atom. The zero-order valence-corrected chi connectivity index (χ0v) is 10.3. The number of carbonyl (C=O) groups is 3. The first kappa shape index (κ1) is 13.7. The Labute approximate surface area is 100 Å². The number of carbonyl (C=O) groups excluding carboxylic acids is 3. The molecule has 5 nitrogen and oxygen atoms in total. The average Bonchev–Trinajstić information content (AvgIpc) is 2.32. The van der Waals surface area contributed by atoms with Gasteiger partial charge in [0, 0.05) is 12.8 Å². The Morgan fingerprint density at radius 2 is 1.82 bits per heavy atom. The largest absolute Gasteiger partial charge is 0.461 e. The van der Waals surface area contributed by atoms with Crippen molar-refractivity contribution in [3.8, 4) is 0 Å². The van der Waals surface area contributed by atoms with Crippen molar-refractivity contribution in [2.24, 2.45) is 0 Å². The molecular formula is C12H18O5. The Morgan fingerprint density at radius 1 is 1.24 bits per heavy atom. The lowest BCUT2D eigenvalue weighted by atomic mass is 9.81. The highest BCUT2D eigenvalue weighted by Gasteiger charge is 2.39. The zero-order chi connectivity index (χ0) is 12.9. The quantitative estimate of drug-likeness (QED) is 0.552. The van der Waals surface area contributed by atoms with Gasteiger partial charge in [-0.1, -0.05) is 13.3 Å². The first-order valence-electron chi connectivity index (χ1n) is 5.86. The van der Waals surface area contributed by atoms with Crippen molar-refractivity contribution in [3.63, 3.8) is 0 Å². The molecule has 1 aliphatic carbocycles. The van der Waals surface area contributed by atoms with Crippen molar-refractivity contribution in [2.75, 3.05) is 7.11 Å². The second-order valence-corrected chi connectivity index (χ2v) is 4.35. The third-order valence-electron chi connectivity index (χ3n) is 3.09. The Balaban J connectivity index is 2.68. The van der Waals surface area contributed by atoms with Crippen molar-refractivity contribution in [1.82, 2.24) is 0 Å². The van der Waals surface area contributed by atoms with E-state index < -0.39 is 17.5 Å². The second kappa shape index (κ2) is 5.80. The molecule has 0 aromatic carbocycles. The third-order valence-corrected chi connectivity index (χ3v) is 3.09. The molecule has 0 radical (unpaired) electrons. The predicted molar refractivity (Wildman–Crippen MR) is 59.2 cm³/mol. The molecule has 0 N–H and O–H groups in total. The summed E-state index contributed by atoms with van der Waals surface area (Å²) < 4.78 is 9.57. The van der Waals surface area contributed by atoms with Crippen molar-refractivity contribution < 1.29 is 23.9 Å². The lowest BCUT2D eigenvalue weighted by molar-refractivity contribution is -0.179. The fraction of sp³-hybridized carbons (Fsp3) is 0.750. The molecule has 1 rings (SSSR count). The highest BCUT2D eigenvalue weighted by molar-refractivity contribution is 6.29. The van der Waals surface area contributed by atoms with Gasteiger partial charge < -0.3 is 9.47 Å². The first-order valence-corrected chi connectivity index (χ1v) is 5.86. The van der Waals surface area contributed by atoms with E-state index in [0.29, 0.717) is 32.1 Å². The van der Waals surface area contributed by atoms with E-state index in [0.717, 1.165) is 13.5 Å². The molecule has 0 aromatic rings. The van der Waals surface area contributed by atoms with E-state index in [4.69, 9.17) is 4.74 Å². The minimum Gasteiger partial charge on any atom is -0.461 e. The van der Waals surface area contributed by atoms with E-state index in [2.05, 4.69) is 4.74 Å². The van der Waals surface area contributed by atoms with Gasteiger partial charge >= 0.3 is 11.9 Å². The number of hydrogen-bond acceptors (Lipinski definition) is 5. The van der Waals surface area contributed by atoms with E-state index in [9.17, 15) is 14.4 Å². The van der Waals surface area contributed by atoms with Gasteiger partial charge in [0.25, 0.3) is 0 Å². The SMILES string of the molecule is CCCC1(OC(=O)C(=O)OC)CCC(=O)CC1. The number of esters is 2. The molecular weight excluding hydrogens is 224 g/mol. The van der Waals surface area contributed by atoms with Crippen LogP contribution in [0.3, 0.4) is 0 Å². The molecule has 0 unspecified atom stereocenters. The molecule has 0 atom stereocenters. The maximum atomic E-state index is 11.4. The molecule has 0 amide bonds. The smallest absolute Gasteiger partial charge is 0.418 e. The topological polar surface area (TPSA) is 69.7 Å². The Bertz CT molecular complexity index is 311.